The molecule has 1 aromatic heterocycles. The standard InChI is InChI=1S/C13H12N2O2S.CH4/c1-7-6-18-13(14-7)12-11-9(15-12)4-8(16-2)5-10(11)17-3;/h4-6H,1-3H3;1H4. The van der Waals surface area contributed by atoms with E-state index in [1.807, 2.05) is 24.4 Å². The normalized spacial score (nSPS) is 11.8. The fraction of sp³-hybridized carbons (Fsp3) is 0.286. The molecule has 0 bridgehead atoms. The second-order valence-electron chi connectivity index (χ2n) is 3.98. The van der Waals surface area contributed by atoms with Crippen LogP contribution in [-0.2, 0) is 0 Å². The van der Waals surface area contributed by atoms with Crippen LogP contribution in [-0.4, -0.2) is 24.9 Å². The quantitative estimate of drug-likeness (QED) is 0.734. The van der Waals surface area contributed by atoms with Crippen LogP contribution in [0.25, 0.3) is 0 Å². The lowest BCUT2D eigenvalue weighted by Crippen LogP contribution is -2.13. The van der Waals surface area contributed by atoms with Crippen LogP contribution in [0.3, 0.4) is 0 Å². The highest BCUT2D eigenvalue weighted by molar-refractivity contribution is 7.12. The Labute approximate surface area is 116 Å². The number of hydrogen-bond donors (Lipinski definition) is 0. The van der Waals surface area contributed by atoms with Gasteiger partial charge in [-0.3, -0.25) is 0 Å². The molecule has 0 radical (unpaired) electrons. The van der Waals surface area contributed by atoms with Gasteiger partial charge in [-0.05, 0) is 6.92 Å². The largest absolute Gasteiger partial charge is 0.497 e. The van der Waals surface area contributed by atoms with Gasteiger partial charge >= 0.3 is 0 Å². The summed E-state index contributed by atoms with van der Waals surface area (Å²) >= 11 is 1.60. The topological polar surface area (TPSA) is 43.7 Å². The number of methoxy groups -OCH3 is 2. The van der Waals surface area contributed by atoms with E-state index in [1.54, 1.807) is 25.6 Å². The predicted octanol–water partition coefficient (Wildman–Crippen LogP) is 3.59. The second kappa shape index (κ2) is 5.01. The molecule has 0 atom stereocenters. The Hall–Kier alpha value is -1.88. The van der Waals surface area contributed by atoms with Gasteiger partial charge in [0.1, 0.15) is 22.2 Å². The fourth-order valence-electron chi connectivity index (χ4n) is 1.92. The zero-order valence-corrected chi connectivity index (χ0v) is 11.2. The molecule has 0 spiro atoms. The molecule has 2 heterocycles. The maximum Gasteiger partial charge on any atom is 0.142 e. The zero-order chi connectivity index (χ0) is 12.7. The Bertz CT molecular complexity index is 647. The molecule has 1 aromatic carbocycles. The third-order valence-corrected chi connectivity index (χ3v) is 3.77. The number of thiazole rings is 1. The molecule has 0 saturated heterocycles. The third-order valence-electron chi connectivity index (χ3n) is 2.80. The first kappa shape index (κ1) is 13.5. The first-order valence-electron chi connectivity index (χ1n) is 5.50. The van der Waals surface area contributed by atoms with E-state index in [0.717, 1.165) is 39.2 Å². The molecule has 19 heavy (non-hydrogen) atoms. The molecule has 3 rings (SSSR count). The van der Waals surface area contributed by atoms with Gasteiger partial charge in [0.05, 0.1) is 25.5 Å². The Morgan fingerprint density at radius 3 is 2.53 bits per heavy atom. The monoisotopic (exact) mass is 276 g/mol. The molecule has 0 N–H and O–H groups in total. The van der Waals surface area contributed by atoms with Crippen molar-refractivity contribution in [3.8, 4) is 11.5 Å². The van der Waals surface area contributed by atoms with Gasteiger partial charge in [0.25, 0.3) is 0 Å². The van der Waals surface area contributed by atoms with Crippen molar-refractivity contribution in [3.63, 3.8) is 0 Å². The van der Waals surface area contributed by atoms with E-state index in [2.05, 4.69) is 9.98 Å². The molecule has 5 heteroatoms. The summed E-state index contributed by atoms with van der Waals surface area (Å²) < 4.78 is 10.6. The first-order valence-corrected chi connectivity index (χ1v) is 6.38. The molecule has 1 aliphatic heterocycles. The van der Waals surface area contributed by atoms with Crippen LogP contribution in [0.15, 0.2) is 22.5 Å². The number of aryl methyl sites for hydroxylation is 1. The SMILES string of the molecule is C.COc1cc2c(c(OC)c1)C(c1nc(C)cs1)=N2. The zero-order valence-electron chi connectivity index (χ0n) is 10.4. The van der Waals surface area contributed by atoms with E-state index in [9.17, 15) is 0 Å². The van der Waals surface area contributed by atoms with E-state index < -0.39 is 0 Å². The molecule has 0 unspecified atom stereocenters. The van der Waals surface area contributed by atoms with E-state index in [0.29, 0.717) is 0 Å². The Kier molecular flexibility index (Phi) is 3.57. The molecule has 100 valence electrons. The summed E-state index contributed by atoms with van der Waals surface area (Å²) in [6.45, 7) is 1.98. The van der Waals surface area contributed by atoms with Crippen LogP contribution in [0.4, 0.5) is 5.69 Å². The lowest BCUT2D eigenvalue weighted by molar-refractivity contribution is 0.393. The molecule has 2 aromatic rings. The van der Waals surface area contributed by atoms with Crippen molar-refractivity contribution in [3.05, 3.63) is 33.8 Å². The highest BCUT2D eigenvalue weighted by Crippen LogP contribution is 2.42. The van der Waals surface area contributed by atoms with E-state index in [1.165, 1.54) is 0 Å². The second-order valence-corrected chi connectivity index (χ2v) is 4.84. The highest BCUT2D eigenvalue weighted by Gasteiger charge is 2.27. The van der Waals surface area contributed by atoms with Gasteiger partial charge in [0.15, 0.2) is 0 Å². The molecule has 0 saturated carbocycles. The predicted molar refractivity (Wildman–Crippen MR) is 78.4 cm³/mol. The number of benzene rings is 1. The van der Waals surface area contributed by atoms with Crippen LogP contribution in [0.1, 0.15) is 23.7 Å². The van der Waals surface area contributed by atoms with Gasteiger partial charge in [-0.1, -0.05) is 7.43 Å². The van der Waals surface area contributed by atoms with Gasteiger partial charge < -0.3 is 9.47 Å². The van der Waals surface area contributed by atoms with Crippen molar-refractivity contribution in [2.75, 3.05) is 14.2 Å². The number of nitrogens with zero attached hydrogens (tertiary/aromatic N) is 2. The maximum atomic E-state index is 5.39. The van der Waals surface area contributed by atoms with E-state index in [-0.39, 0.29) is 7.43 Å². The lowest BCUT2D eigenvalue weighted by Gasteiger charge is -2.20. The molecular formula is C14H16N2O2S. The minimum atomic E-state index is 0. The molecule has 0 fully saturated rings. The van der Waals surface area contributed by atoms with Crippen molar-refractivity contribution in [1.82, 2.24) is 4.98 Å². The summed E-state index contributed by atoms with van der Waals surface area (Å²) in [7, 11) is 3.28. The number of aliphatic imine (C=N–C) groups is 1. The summed E-state index contributed by atoms with van der Waals surface area (Å²) in [5.41, 5.74) is 3.84. The number of ether oxygens (including phenoxy) is 2. The summed E-state index contributed by atoms with van der Waals surface area (Å²) in [6.07, 6.45) is 0. The van der Waals surface area contributed by atoms with Crippen molar-refractivity contribution < 1.29 is 9.47 Å². The fourth-order valence-corrected chi connectivity index (χ4v) is 2.71. The number of fused-ring (bicyclic) bond motifs is 1. The maximum absolute atomic E-state index is 5.39. The number of rotatable bonds is 3. The van der Waals surface area contributed by atoms with Crippen LogP contribution in [0.5, 0.6) is 11.5 Å². The molecule has 1 aliphatic rings. The van der Waals surface area contributed by atoms with Gasteiger partial charge in [0, 0.05) is 23.2 Å². The lowest BCUT2D eigenvalue weighted by atomic mass is 10.0. The van der Waals surface area contributed by atoms with Crippen molar-refractivity contribution in [2.45, 2.75) is 14.4 Å². The van der Waals surface area contributed by atoms with Crippen molar-refractivity contribution in [1.29, 1.82) is 0 Å². The average molecular weight is 276 g/mol. The summed E-state index contributed by atoms with van der Waals surface area (Å²) in [5, 5.41) is 2.95. The summed E-state index contributed by atoms with van der Waals surface area (Å²) in [6, 6.07) is 3.77. The van der Waals surface area contributed by atoms with Crippen LogP contribution in [0.2, 0.25) is 0 Å². The Morgan fingerprint density at radius 1 is 1.16 bits per heavy atom. The van der Waals surface area contributed by atoms with Gasteiger partial charge in [0.2, 0.25) is 0 Å². The van der Waals surface area contributed by atoms with Crippen LogP contribution < -0.4 is 9.47 Å². The molecule has 4 nitrogen and oxygen atoms in total. The minimum Gasteiger partial charge on any atom is -0.497 e. The molecule has 0 amide bonds. The van der Waals surface area contributed by atoms with E-state index in [4.69, 9.17) is 9.47 Å². The van der Waals surface area contributed by atoms with Gasteiger partial charge in [-0.2, -0.15) is 0 Å². The minimum absolute atomic E-state index is 0. The highest BCUT2D eigenvalue weighted by atomic mass is 32.1. The van der Waals surface area contributed by atoms with Crippen molar-refractivity contribution >= 4 is 22.7 Å². The van der Waals surface area contributed by atoms with Crippen LogP contribution in [0, 0.1) is 6.92 Å². The third kappa shape index (κ3) is 2.10. The summed E-state index contributed by atoms with van der Waals surface area (Å²) in [4.78, 5) is 8.94. The average Bonchev–Trinajstić information content (AvgIpc) is 2.76. The van der Waals surface area contributed by atoms with E-state index >= 15 is 0 Å². The Morgan fingerprint density at radius 2 is 1.95 bits per heavy atom. The first-order chi connectivity index (χ1) is 8.72. The van der Waals surface area contributed by atoms with Gasteiger partial charge in [-0.25, -0.2) is 9.98 Å². The molecule has 0 aliphatic carbocycles. The smallest absolute Gasteiger partial charge is 0.142 e. The van der Waals surface area contributed by atoms with Crippen molar-refractivity contribution in [2.24, 2.45) is 4.99 Å². The van der Waals surface area contributed by atoms with Crippen LogP contribution >= 0.6 is 11.3 Å². The number of aromatic nitrogens is 1. The van der Waals surface area contributed by atoms with Gasteiger partial charge in [-0.15, -0.1) is 11.3 Å². The molecular weight excluding hydrogens is 260 g/mol. The Balaban J connectivity index is 0.00000133. The summed E-state index contributed by atoms with van der Waals surface area (Å²) in [5.74, 6) is 1.53. The number of hydrogen-bond acceptors (Lipinski definition) is 5.